The standard InChI is InChI=1S/C4H6O4.3Na.3H/c5-3(6)1-2-4(7)8;;;;;;/h1-2H2,(H,5,6)(H,7,8);;;;;;. The van der Waals surface area contributed by atoms with E-state index < -0.39 is 11.9 Å². The third-order valence-electron chi connectivity index (χ3n) is 0.553. The second kappa shape index (κ2) is 14.5. The summed E-state index contributed by atoms with van der Waals surface area (Å²) in [4.78, 5) is 19.3. The summed E-state index contributed by atoms with van der Waals surface area (Å²) in [5.74, 6) is -2.15. The number of hydrogen-bond donors (Lipinski definition) is 2. The quantitative estimate of drug-likeness (QED) is 0.504. The molecule has 2 N–H and O–H groups in total. The van der Waals surface area contributed by atoms with E-state index in [-0.39, 0.29) is 102 Å². The van der Waals surface area contributed by atoms with E-state index in [9.17, 15) is 9.59 Å². The van der Waals surface area contributed by atoms with Crippen LogP contribution < -0.4 is 0 Å². The Morgan fingerprint density at radius 3 is 1.09 bits per heavy atom. The molecule has 52 valence electrons. The van der Waals surface area contributed by atoms with E-state index in [0.29, 0.717) is 0 Å². The third-order valence-corrected chi connectivity index (χ3v) is 0.553. The molecule has 11 heavy (non-hydrogen) atoms. The van der Waals surface area contributed by atoms with Crippen molar-refractivity contribution in [2.75, 3.05) is 0 Å². The summed E-state index contributed by atoms with van der Waals surface area (Å²) in [6, 6.07) is 0. The molecule has 0 bridgehead atoms. The predicted molar refractivity (Wildman–Crippen MR) is 46.0 cm³/mol. The van der Waals surface area contributed by atoms with Gasteiger partial charge in [-0.05, 0) is 0 Å². The van der Waals surface area contributed by atoms with E-state index in [0.717, 1.165) is 0 Å². The fourth-order valence-corrected chi connectivity index (χ4v) is 0.214. The van der Waals surface area contributed by atoms with Gasteiger partial charge in [-0.3, -0.25) is 9.59 Å². The van der Waals surface area contributed by atoms with Gasteiger partial charge >= 0.3 is 101 Å². The molecule has 0 aromatic rings. The van der Waals surface area contributed by atoms with Gasteiger partial charge in [0.25, 0.3) is 0 Å². The number of carboxylic acids is 2. The summed E-state index contributed by atoms with van der Waals surface area (Å²) in [5.41, 5.74) is 0. The van der Waals surface area contributed by atoms with Crippen molar-refractivity contribution in [2.45, 2.75) is 12.8 Å². The Morgan fingerprint density at radius 1 is 0.818 bits per heavy atom. The summed E-state index contributed by atoms with van der Waals surface area (Å²) in [6.07, 6.45) is -0.593. The SMILES string of the molecule is O=C(O)CCC(=O)O.[NaH].[NaH].[NaH]. The Hall–Kier alpha value is 1.94. The van der Waals surface area contributed by atoms with Crippen molar-refractivity contribution < 1.29 is 19.8 Å². The van der Waals surface area contributed by atoms with Crippen LogP contribution in [0.4, 0.5) is 0 Å². The molecule has 0 rings (SSSR count). The van der Waals surface area contributed by atoms with Gasteiger partial charge in [0.2, 0.25) is 0 Å². The molecule has 0 amide bonds. The predicted octanol–water partition coefficient (Wildman–Crippen LogP) is -2.01. The van der Waals surface area contributed by atoms with E-state index in [1.807, 2.05) is 0 Å². The minimum absolute atomic E-state index is 0. The van der Waals surface area contributed by atoms with Crippen LogP contribution in [0.25, 0.3) is 0 Å². The number of rotatable bonds is 3. The summed E-state index contributed by atoms with van der Waals surface area (Å²) in [7, 11) is 0. The zero-order valence-corrected chi connectivity index (χ0v) is 4.13. The molecule has 0 aliphatic rings. The molecule has 0 spiro atoms. The molecule has 0 saturated heterocycles. The zero-order valence-electron chi connectivity index (χ0n) is 4.13. The Morgan fingerprint density at radius 2 is 1.00 bits per heavy atom. The van der Waals surface area contributed by atoms with Crippen LogP contribution in [-0.2, 0) is 9.59 Å². The van der Waals surface area contributed by atoms with Crippen LogP contribution in [0, 0.1) is 0 Å². The van der Waals surface area contributed by atoms with Crippen molar-refractivity contribution >= 4 is 101 Å². The summed E-state index contributed by atoms with van der Waals surface area (Å²) in [6.45, 7) is 0. The average molecular weight is 190 g/mol. The van der Waals surface area contributed by atoms with Gasteiger partial charge in [-0.15, -0.1) is 0 Å². The molecular formula is C4H9Na3O4. The number of carbonyl (C=O) groups is 2. The molecule has 0 heterocycles. The molecule has 0 atom stereocenters. The van der Waals surface area contributed by atoms with Crippen molar-refractivity contribution in [3.8, 4) is 0 Å². The molecule has 7 heteroatoms. The normalized spacial score (nSPS) is 6.18. The molecule has 0 aliphatic carbocycles. The van der Waals surface area contributed by atoms with Crippen LogP contribution in [0.3, 0.4) is 0 Å². The van der Waals surface area contributed by atoms with Gasteiger partial charge in [0.05, 0.1) is 12.8 Å². The van der Waals surface area contributed by atoms with Crippen molar-refractivity contribution in [3.05, 3.63) is 0 Å². The van der Waals surface area contributed by atoms with E-state index in [1.54, 1.807) is 0 Å². The Labute approximate surface area is 131 Å². The van der Waals surface area contributed by atoms with Crippen molar-refractivity contribution in [3.63, 3.8) is 0 Å². The molecule has 0 fully saturated rings. The van der Waals surface area contributed by atoms with Crippen LogP contribution >= 0.6 is 0 Å². The van der Waals surface area contributed by atoms with Gasteiger partial charge in [0, 0.05) is 0 Å². The molecule has 0 aromatic carbocycles. The second-order valence-electron chi connectivity index (χ2n) is 1.29. The number of aliphatic carboxylic acids is 2. The van der Waals surface area contributed by atoms with E-state index in [1.165, 1.54) is 0 Å². The molecule has 0 unspecified atom stereocenters. The van der Waals surface area contributed by atoms with Crippen molar-refractivity contribution in [1.82, 2.24) is 0 Å². The summed E-state index contributed by atoms with van der Waals surface area (Å²) < 4.78 is 0. The first-order chi connectivity index (χ1) is 3.63. The van der Waals surface area contributed by atoms with Gasteiger partial charge in [0.1, 0.15) is 0 Å². The van der Waals surface area contributed by atoms with Gasteiger partial charge in [0.15, 0.2) is 0 Å². The molecule has 0 aromatic heterocycles. The first-order valence-corrected chi connectivity index (χ1v) is 2.06. The molecule has 0 radical (unpaired) electrons. The molecular weight excluding hydrogens is 181 g/mol. The van der Waals surface area contributed by atoms with Crippen LogP contribution in [0.2, 0.25) is 0 Å². The number of carboxylic acid groups (broad SMARTS) is 2. The topological polar surface area (TPSA) is 74.6 Å². The molecule has 0 aliphatic heterocycles. The fourth-order valence-electron chi connectivity index (χ4n) is 0.214. The van der Waals surface area contributed by atoms with Crippen molar-refractivity contribution in [2.24, 2.45) is 0 Å². The Bertz CT molecular complexity index is 102. The zero-order chi connectivity index (χ0) is 6.57. The van der Waals surface area contributed by atoms with Gasteiger partial charge in [-0.1, -0.05) is 0 Å². The number of hydrogen-bond acceptors (Lipinski definition) is 2. The Kier molecular flexibility index (Phi) is 30.3. The van der Waals surface area contributed by atoms with Crippen LogP contribution in [0.1, 0.15) is 12.8 Å². The average Bonchev–Trinajstić information content (AvgIpc) is 1.61. The van der Waals surface area contributed by atoms with Crippen LogP contribution in [0.15, 0.2) is 0 Å². The second-order valence-corrected chi connectivity index (χ2v) is 1.29. The first kappa shape index (κ1) is 23.1. The minimum atomic E-state index is -1.08. The van der Waals surface area contributed by atoms with E-state index >= 15 is 0 Å². The molecule has 4 nitrogen and oxygen atoms in total. The summed E-state index contributed by atoms with van der Waals surface area (Å²) >= 11 is 0. The molecule has 0 saturated carbocycles. The fraction of sp³-hybridized carbons (Fsp3) is 0.500. The Balaban J connectivity index is -0.0000000817. The van der Waals surface area contributed by atoms with E-state index in [4.69, 9.17) is 10.2 Å². The third kappa shape index (κ3) is 24.5. The maximum absolute atomic E-state index is 9.64. The first-order valence-electron chi connectivity index (χ1n) is 2.06. The van der Waals surface area contributed by atoms with Crippen molar-refractivity contribution in [1.29, 1.82) is 0 Å². The monoisotopic (exact) mass is 190 g/mol. The summed E-state index contributed by atoms with van der Waals surface area (Å²) in [5, 5.41) is 15.8. The maximum atomic E-state index is 9.64. The van der Waals surface area contributed by atoms with Gasteiger partial charge < -0.3 is 10.2 Å². The van der Waals surface area contributed by atoms with Gasteiger partial charge in [-0.2, -0.15) is 0 Å². The van der Waals surface area contributed by atoms with Crippen LogP contribution in [-0.4, -0.2) is 111 Å². The van der Waals surface area contributed by atoms with Gasteiger partial charge in [-0.25, -0.2) is 0 Å². The van der Waals surface area contributed by atoms with E-state index in [2.05, 4.69) is 0 Å². The van der Waals surface area contributed by atoms with Crippen LogP contribution in [0.5, 0.6) is 0 Å².